The van der Waals surface area contributed by atoms with E-state index in [9.17, 15) is 31.1 Å². The summed E-state index contributed by atoms with van der Waals surface area (Å²) in [6.45, 7) is 2.19. The van der Waals surface area contributed by atoms with Crippen LogP contribution in [0.2, 0.25) is 0 Å². The van der Waals surface area contributed by atoms with Crippen molar-refractivity contribution in [2.45, 2.75) is 32.1 Å². The molecule has 0 aliphatic carbocycles. The van der Waals surface area contributed by atoms with E-state index in [0.29, 0.717) is 0 Å². The second-order valence-electron chi connectivity index (χ2n) is 3.89. The van der Waals surface area contributed by atoms with E-state index < -0.39 is 28.8 Å². The lowest BCUT2D eigenvalue weighted by Crippen LogP contribution is -2.24. The minimum atomic E-state index is -5.04. The highest BCUT2D eigenvalue weighted by Crippen LogP contribution is 2.30. The second kappa shape index (κ2) is 5.66. The molecule has 114 valence electrons. The average Bonchev–Trinajstić information content (AvgIpc) is 2.50. The predicted molar refractivity (Wildman–Crippen MR) is 60.6 cm³/mol. The minimum Gasteiger partial charge on any atom is -0.284 e. The summed E-state index contributed by atoms with van der Waals surface area (Å²) >= 11 is -0.302. The molecular weight excluding hydrogens is 310 g/mol. The fraction of sp³-hybridized carbons (Fsp3) is 0.600. The standard InChI is InChI=1S/C10H10F6N2OS/c1-5-7(8(19)9(11,12)13)6(2)18(17-5)3-4-20-10(14,15)16/h3-4H2,1-2H3. The third-order valence-electron chi connectivity index (χ3n) is 2.43. The van der Waals surface area contributed by atoms with E-state index in [0.717, 1.165) is 4.68 Å². The smallest absolute Gasteiger partial charge is 0.284 e. The molecular formula is C10H10F6N2OS. The van der Waals surface area contributed by atoms with Gasteiger partial charge >= 0.3 is 11.7 Å². The summed E-state index contributed by atoms with van der Waals surface area (Å²) in [5, 5.41) is 3.68. The number of rotatable bonds is 4. The summed E-state index contributed by atoms with van der Waals surface area (Å²) in [6, 6.07) is 0. The van der Waals surface area contributed by atoms with E-state index in [1.807, 2.05) is 0 Å². The van der Waals surface area contributed by atoms with Gasteiger partial charge in [0.05, 0.1) is 17.8 Å². The number of ketones is 1. The molecule has 0 radical (unpaired) electrons. The lowest BCUT2D eigenvalue weighted by molar-refractivity contribution is -0.0886. The van der Waals surface area contributed by atoms with Gasteiger partial charge < -0.3 is 0 Å². The molecule has 0 atom stereocenters. The first kappa shape index (κ1) is 16.9. The fourth-order valence-electron chi connectivity index (χ4n) is 1.63. The van der Waals surface area contributed by atoms with E-state index >= 15 is 0 Å². The van der Waals surface area contributed by atoms with Gasteiger partial charge in [0.15, 0.2) is 0 Å². The number of alkyl halides is 6. The van der Waals surface area contributed by atoms with Crippen molar-refractivity contribution in [3.63, 3.8) is 0 Å². The van der Waals surface area contributed by atoms with E-state index in [2.05, 4.69) is 5.10 Å². The topological polar surface area (TPSA) is 34.9 Å². The zero-order valence-corrected chi connectivity index (χ0v) is 11.2. The van der Waals surface area contributed by atoms with Crippen LogP contribution < -0.4 is 0 Å². The monoisotopic (exact) mass is 320 g/mol. The van der Waals surface area contributed by atoms with Gasteiger partial charge in [0.25, 0.3) is 5.78 Å². The molecule has 0 aliphatic rings. The number of Topliss-reactive ketones (excluding diaryl/α,β-unsaturated/α-hetero) is 1. The van der Waals surface area contributed by atoms with Crippen LogP contribution in [0, 0.1) is 13.8 Å². The van der Waals surface area contributed by atoms with Gasteiger partial charge in [-0.25, -0.2) is 0 Å². The van der Waals surface area contributed by atoms with Gasteiger partial charge in [-0.3, -0.25) is 9.48 Å². The molecule has 0 N–H and O–H groups in total. The molecule has 0 spiro atoms. The highest BCUT2D eigenvalue weighted by Gasteiger charge is 2.42. The average molecular weight is 320 g/mol. The molecule has 0 aliphatic heterocycles. The van der Waals surface area contributed by atoms with Gasteiger partial charge in [0.1, 0.15) is 0 Å². The van der Waals surface area contributed by atoms with Crippen molar-refractivity contribution >= 4 is 17.5 Å². The summed E-state index contributed by atoms with van der Waals surface area (Å²) in [7, 11) is 0. The van der Waals surface area contributed by atoms with Crippen molar-refractivity contribution in [2.24, 2.45) is 0 Å². The van der Waals surface area contributed by atoms with Crippen LogP contribution in [0.4, 0.5) is 26.3 Å². The molecule has 0 amide bonds. The summed E-state index contributed by atoms with van der Waals surface area (Å²) in [4.78, 5) is 11.2. The van der Waals surface area contributed by atoms with Crippen molar-refractivity contribution < 1.29 is 31.1 Å². The minimum absolute atomic E-state index is 0.0902. The van der Waals surface area contributed by atoms with Gasteiger partial charge in [0, 0.05) is 11.4 Å². The lowest BCUT2D eigenvalue weighted by Gasteiger charge is -2.08. The van der Waals surface area contributed by atoms with Crippen molar-refractivity contribution in [3.05, 3.63) is 17.0 Å². The molecule has 20 heavy (non-hydrogen) atoms. The Morgan fingerprint density at radius 2 is 1.75 bits per heavy atom. The van der Waals surface area contributed by atoms with Crippen LogP contribution in [0.1, 0.15) is 21.7 Å². The molecule has 10 heteroatoms. The van der Waals surface area contributed by atoms with Crippen LogP contribution in [0.15, 0.2) is 0 Å². The Morgan fingerprint density at radius 1 is 1.20 bits per heavy atom. The van der Waals surface area contributed by atoms with Crippen molar-refractivity contribution in [1.29, 1.82) is 0 Å². The highest BCUT2D eigenvalue weighted by molar-refractivity contribution is 8.00. The maximum atomic E-state index is 12.4. The molecule has 1 aromatic rings. The van der Waals surface area contributed by atoms with E-state index in [1.165, 1.54) is 13.8 Å². The first-order valence-electron chi connectivity index (χ1n) is 5.29. The Labute approximate surface area is 114 Å². The van der Waals surface area contributed by atoms with Gasteiger partial charge in [-0.1, -0.05) is 0 Å². The third-order valence-corrected chi connectivity index (χ3v) is 3.15. The van der Waals surface area contributed by atoms with Crippen LogP contribution in [0.25, 0.3) is 0 Å². The number of hydrogen-bond donors (Lipinski definition) is 0. The third kappa shape index (κ3) is 4.15. The van der Waals surface area contributed by atoms with Gasteiger partial charge in [-0.2, -0.15) is 31.4 Å². The number of hydrogen-bond acceptors (Lipinski definition) is 3. The Morgan fingerprint density at radius 3 is 2.20 bits per heavy atom. The fourth-order valence-corrected chi connectivity index (χ4v) is 2.13. The molecule has 0 unspecified atom stereocenters. The molecule has 0 saturated carbocycles. The van der Waals surface area contributed by atoms with Crippen LogP contribution in [-0.2, 0) is 6.54 Å². The Kier molecular flexibility index (Phi) is 4.78. The molecule has 0 saturated heterocycles. The van der Waals surface area contributed by atoms with Crippen molar-refractivity contribution in [3.8, 4) is 0 Å². The normalized spacial score (nSPS) is 12.8. The maximum Gasteiger partial charge on any atom is 0.455 e. The lowest BCUT2D eigenvalue weighted by atomic mass is 10.1. The molecule has 1 rings (SSSR count). The number of carbonyl (C=O) groups excluding carboxylic acids is 1. The second-order valence-corrected chi connectivity index (χ2v) is 5.05. The number of aryl methyl sites for hydroxylation is 2. The summed E-state index contributed by atoms with van der Waals surface area (Å²) < 4.78 is 74.0. The maximum absolute atomic E-state index is 12.4. The predicted octanol–water partition coefficient (Wildman–Crippen LogP) is 3.50. The summed E-state index contributed by atoms with van der Waals surface area (Å²) in [5.74, 6) is -2.44. The number of carbonyl (C=O) groups is 1. The van der Waals surface area contributed by atoms with Crippen molar-refractivity contribution in [1.82, 2.24) is 9.78 Å². The number of nitrogens with zero attached hydrogens (tertiary/aromatic N) is 2. The molecule has 0 aromatic carbocycles. The van der Waals surface area contributed by atoms with E-state index in [-0.39, 0.29) is 29.7 Å². The van der Waals surface area contributed by atoms with E-state index in [4.69, 9.17) is 0 Å². The number of halogens is 6. The first-order valence-corrected chi connectivity index (χ1v) is 6.28. The van der Waals surface area contributed by atoms with Gasteiger partial charge in [-0.15, -0.1) is 0 Å². The Hall–Kier alpha value is -1.19. The largest absolute Gasteiger partial charge is 0.455 e. The zero-order valence-electron chi connectivity index (χ0n) is 10.4. The quantitative estimate of drug-likeness (QED) is 0.629. The molecule has 0 fully saturated rings. The summed E-state index contributed by atoms with van der Waals surface area (Å²) in [5.41, 5.74) is -5.26. The molecule has 1 aromatic heterocycles. The SMILES string of the molecule is Cc1nn(CCSC(F)(F)F)c(C)c1C(=O)C(F)(F)F. The van der Waals surface area contributed by atoms with Crippen LogP contribution in [0.3, 0.4) is 0 Å². The summed E-state index contributed by atoms with van der Waals surface area (Å²) in [6.07, 6.45) is -5.04. The van der Waals surface area contributed by atoms with Crippen molar-refractivity contribution in [2.75, 3.05) is 5.75 Å². The van der Waals surface area contributed by atoms with E-state index in [1.54, 1.807) is 0 Å². The van der Waals surface area contributed by atoms with Gasteiger partial charge in [0.2, 0.25) is 0 Å². The van der Waals surface area contributed by atoms with Gasteiger partial charge in [-0.05, 0) is 25.6 Å². The number of aromatic nitrogens is 2. The molecule has 3 nitrogen and oxygen atoms in total. The number of thioether (sulfide) groups is 1. The zero-order chi connectivity index (χ0) is 15.7. The molecule has 1 heterocycles. The highest BCUT2D eigenvalue weighted by atomic mass is 32.2. The Balaban J connectivity index is 2.90. The van der Waals surface area contributed by atoms with Crippen LogP contribution >= 0.6 is 11.8 Å². The Bertz CT molecular complexity index is 505. The van der Waals surface area contributed by atoms with Crippen LogP contribution in [0.5, 0.6) is 0 Å². The van der Waals surface area contributed by atoms with Crippen LogP contribution in [-0.4, -0.2) is 33.0 Å². The molecule has 0 bridgehead atoms. The first-order chi connectivity index (χ1) is 8.93.